The molecule has 94 valence electrons. The number of piperidine rings is 1. The fourth-order valence-corrected chi connectivity index (χ4v) is 2.73. The summed E-state index contributed by atoms with van der Waals surface area (Å²) >= 11 is 0. The molecule has 0 aliphatic carbocycles. The summed E-state index contributed by atoms with van der Waals surface area (Å²) in [7, 11) is 0. The predicted octanol–water partition coefficient (Wildman–Crippen LogP) is 1.70. The van der Waals surface area contributed by atoms with Crippen molar-refractivity contribution in [1.29, 1.82) is 0 Å². The first kappa shape index (κ1) is 11.1. The number of hydrogen-bond donors (Lipinski definition) is 2. The zero-order chi connectivity index (χ0) is 12.7. The van der Waals surface area contributed by atoms with Gasteiger partial charge in [0.05, 0.1) is 16.9 Å². The smallest absolute Gasteiger partial charge is 0.335 e. The van der Waals surface area contributed by atoms with Crippen LogP contribution in [0.25, 0.3) is 0 Å². The average molecular weight is 246 g/mol. The van der Waals surface area contributed by atoms with E-state index in [1.54, 1.807) is 12.1 Å². The Hall–Kier alpha value is -2.04. The molecule has 1 fully saturated rings. The maximum Gasteiger partial charge on any atom is 0.335 e. The summed E-state index contributed by atoms with van der Waals surface area (Å²) in [5.74, 6) is -1.00. The molecule has 0 saturated carbocycles. The Morgan fingerprint density at radius 1 is 1.39 bits per heavy atom. The second kappa shape index (κ2) is 4.01. The van der Waals surface area contributed by atoms with E-state index >= 15 is 0 Å². The van der Waals surface area contributed by atoms with Crippen molar-refractivity contribution in [2.75, 3.05) is 16.8 Å². The molecule has 2 heterocycles. The van der Waals surface area contributed by atoms with Crippen LogP contribution in [0.4, 0.5) is 11.4 Å². The standard InChI is InChI=1S/C13H14N2O3/c16-12-11-3-1-2-6-15(11)10-5-4-8(13(17)18)7-9(10)14-12/h4-5,7,11H,1-3,6H2,(H,14,16)(H,17,18)/t11-/m0/s1. The molecule has 2 aliphatic rings. The van der Waals surface area contributed by atoms with Crippen LogP contribution in [-0.4, -0.2) is 29.6 Å². The second-order valence-corrected chi connectivity index (χ2v) is 4.73. The summed E-state index contributed by atoms with van der Waals surface area (Å²) in [5.41, 5.74) is 1.74. The van der Waals surface area contributed by atoms with Gasteiger partial charge in [-0.25, -0.2) is 4.79 Å². The maximum atomic E-state index is 12.0. The van der Waals surface area contributed by atoms with Gasteiger partial charge in [-0.1, -0.05) is 0 Å². The van der Waals surface area contributed by atoms with Crippen LogP contribution in [0.5, 0.6) is 0 Å². The third kappa shape index (κ3) is 1.63. The van der Waals surface area contributed by atoms with E-state index in [1.807, 2.05) is 0 Å². The summed E-state index contributed by atoms with van der Waals surface area (Å²) in [6.07, 6.45) is 3.01. The van der Waals surface area contributed by atoms with Crippen molar-refractivity contribution in [2.45, 2.75) is 25.3 Å². The molecule has 1 aromatic rings. The largest absolute Gasteiger partial charge is 0.478 e. The van der Waals surface area contributed by atoms with E-state index < -0.39 is 5.97 Å². The minimum Gasteiger partial charge on any atom is -0.478 e. The van der Waals surface area contributed by atoms with Crippen LogP contribution >= 0.6 is 0 Å². The molecule has 2 N–H and O–H groups in total. The molecule has 0 unspecified atom stereocenters. The van der Waals surface area contributed by atoms with E-state index in [2.05, 4.69) is 10.2 Å². The Kier molecular flexibility index (Phi) is 2.47. The Labute approximate surface area is 104 Å². The molecular formula is C13H14N2O3. The van der Waals surface area contributed by atoms with Crippen molar-refractivity contribution in [3.63, 3.8) is 0 Å². The van der Waals surface area contributed by atoms with Crippen molar-refractivity contribution < 1.29 is 14.7 Å². The van der Waals surface area contributed by atoms with Gasteiger partial charge in [0.15, 0.2) is 0 Å². The predicted molar refractivity (Wildman–Crippen MR) is 67.0 cm³/mol. The maximum absolute atomic E-state index is 12.0. The van der Waals surface area contributed by atoms with Crippen molar-refractivity contribution in [1.82, 2.24) is 0 Å². The van der Waals surface area contributed by atoms with Crippen molar-refractivity contribution in [3.05, 3.63) is 23.8 Å². The highest BCUT2D eigenvalue weighted by Crippen LogP contribution is 2.36. The number of amides is 1. The SMILES string of the molecule is O=C(O)c1ccc2c(c1)NC(=O)[C@@H]1CCCCN21. The topological polar surface area (TPSA) is 69.6 Å². The van der Waals surface area contributed by atoms with Crippen molar-refractivity contribution >= 4 is 23.3 Å². The lowest BCUT2D eigenvalue weighted by Gasteiger charge is -2.41. The third-order valence-corrected chi connectivity index (χ3v) is 3.62. The van der Waals surface area contributed by atoms with Gasteiger partial charge in [0.25, 0.3) is 0 Å². The lowest BCUT2D eigenvalue weighted by Crippen LogP contribution is -2.50. The van der Waals surface area contributed by atoms with Gasteiger partial charge in [0.2, 0.25) is 5.91 Å². The van der Waals surface area contributed by atoms with Gasteiger partial charge in [-0.3, -0.25) is 4.79 Å². The summed E-state index contributed by atoms with van der Waals surface area (Å²) in [4.78, 5) is 25.0. The molecule has 1 amide bonds. The van der Waals surface area contributed by atoms with Crippen LogP contribution in [0.1, 0.15) is 29.6 Å². The van der Waals surface area contributed by atoms with Crippen LogP contribution in [0, 0.1) is 0 Å². The average Bonchev–Trinajstić information content (AvgIpc) is 2.38. The minimum atomic E-state index is -0.979. The fourth-order valence-electron chi connectivity index (χ4n) is 2.73. The minimum absolute atomic E-state index is 0.0234. The first-order valence-electron chi connectivity index (χ1n) is 6.11. The van der Waals surface area contributed by atoms with Crippen LogP contribution in [0.2, 0.25) is 0 Å². The third-order valence-electron chi connectivity index (χ3n) is 3.62. The number of benzene rings is 1. The van der Waals surface area contributed by atoms with Gasteiger partial charge in [0.1, 0.15) is 6.04 Å². The number of anilines is 2. The summed E-state index contributed by atoms with van der Waals surface area (Å²) in [6.45, 7) is 0.859. The molecule has 0 aromatic heterocycles. The van der Waals surface area contributed by atoms with Crippen LogP contribution in [0.3, 0.4) is 0 Å². The van der Waals surface area contributed by atoms with E-state index in [4.69, 9.17) is 5.11 Å². The summed E-state index contributed by atoms with van der Waals surface area (Å²) in [5, 5.41) is 11.8. The lowest BCUT2D eigenvalue weighted by molar-refractivity contribution is -0.118. The van der Waals surface area contributed by atoms with E-state index in [1.165, 1.54) is 6.07 Å². The zero-order valence-corrected chi connectivity index (χ0v) is 9.85. The Morgan fingerprint density at radius 2 is 2.22 bits per heavy atom. The fraction of sp³-hybridized carbons (Fsp3) is 0.385. The molecule has 0 bridgehead atoms. The van der Waals surface area contributed by atoms with Crippen LogP contribution in [-0.2, 0) is 4.79 Å². The van der Waals surface area contributed by atoms with Gasteiger partial charge >= 0.3 is 5.97 Å². The molecule has 0 spiro atoms. The molecule has 5 heteroatoms. The molecule has 1 aromatic carbocycles. The number of aromatic carboxylic acids is 1. The Morgan fingerprint density at radius 3 is 3.00 bits per heavy atom. The van der Waals surface area contributed by atoms with Crippen LogP contribution in [0.15, 0.2) is 18.2 Å². The number of fused-ring (bicyclic) bond motifs is 3. The van der Waals surface area contributed by atoms with Crippen molar-refractivity contribution in [2.24, 2.45) is 0 Å². The first-order valence-corrected chi connectivity index (χ1v) is 6.11. The normalized spacial score (nSPS) is 21.9. The number of carbonyl (C=O) groups is 2. The number of carboxylic acids is 1. The molecule has 1 saturated heterocycles. The van der Waals surface area contributed by atoms with Crippen molar-refractivity contribution in [3.8, 4) is 0 Å². The zero-order valence-electron chi connectivity index (χ0n) is 9.85. The quantitative estimate of drug-likeness (QED) is 0.791. The first-order chi connectivity index (χ1) is 8.66. The van der Waals surface area contributed by atoms with Gasteiger partial charge < -0.3 is 15.3 Å². The highest BCUT2D eigenvalue weighted by Gasteiger charge is 2.34. The molecule has 2 aliphatic heterocycles. The summed E-state index contributed by atoms with van der Waals surface area (Å²) < 4.78 is 0. The Balaban J connectivity index is 2.04. The highest BCUT2D eigenvalue weighted by molar-refractivity contribution is 6.05. The van der Waals surface area contributed by atoms with Gasteiger partial charge in [0, 0.05) is 6.54 Å². The van der Waals surface area contributed by atoms with Gasteiger partial charge in [-0.2, -0.15) is 0 Å². The number of nitrogens with one attached hydrogen (secondary N) is 1. The highest BCUT2D eigenvalue weighted by atomic mass is 16.4. The monoisotopic (exact) mass is 246 g/mol. The number of rotatable bonds is 1. The van der Waals surface area contributed by atoms with E-state index in [9.17, 15) is 9.59 Å². The Bertz CT molecular complexity index is 527. The summed E-state index contributed by atoms with van der Waals surface area (Å²) in [6, 6.07) is 4.81. The number of hydrogen-bond acceptors (Lipinski definition) is 3. The number of carboxylic acid groups (broad SMARTS) is 1. The van der Waals surface area contributed by atoms with Crippen LogP contribution < -0.4 is 10.2 Å². The molecular weight excluding hydrogens is 232 g/mol. The molecule has 3 rings (SSSR count). The van der Waals surface area contributed by atoms with E-state index in [0.717, 1.165) is 31.5 Å². The van der Waals surface area contributed by atoms with Gasteiger partial charge in [-0.15, -0.1) is 0 Å². The van der Waals surface area contributed by atoms with E-state index in [-0.39, 0.29) is 17.5 Å². The van der Waals surface area contributed by atoms with Gasteiger partial charge in [-0.05, 0) is 37.5 Å². The number of nitrogens with zero attached hydrogens (tertiary/aromatic N) is 1. The lowest BCUT2D eigenvalue weighted by atomic mass is 9.97. The molecule has 18 heavy (non-hydrogen) atoms. The number of carbonyl (C=O) groups excluding carboxylic acids is 1. The second-order valence-electron chi connectivity index (χ2n) is 4.73. The molecule has 0 radical (unpaired) electrons. The van der Waals surface area contributed by atoms with E-state index in [0.29, 0.717) is 5.69 Å². The molecule has 1 atom stereocenters. The molecule has 5 nitrogen and oxygen atoms in total.